The van der Waals surface area contributed by atoms with Crippen LogP contribution in [0.25, 0.3) is 0 Å². The molecule has 3 rings (SSSR count). The van der Waals surface area contributed by atoms with Gasteiger partial charge in [0.15, 0.2) is 15.8 Å². The highest BCUT2D eigenvalue weighted by Gasteiger charge is 2.18. The number of carbonyl (C=O) groups is 1. The van der Waals surface area contributed by atoms with Crippen molar-refractivity contribution in [2.24, 2.45) is 0 Å². The number of carbonyl (C=O) groups excluding carboxylic acids is 1. The van der Waals surface area contributed by atoms with E-state index in [-0.39, 0.29) is 11.2 Å². The van der Waals surface area contributed by atoms with Gasteiger partial charge in [0, 0.05) is 22.8 Å². The third-order valence-electron chi connectivity index (χ3n) is 3.05. The minimum absolute atomic E-state index is 0.0606. The molecule has 1 aliphatic heterocycles. The van der Waals surface area contributed by atoms with Crippen molar-refractivity contribution in [1.82, 2.24) is 4.98 Å². The quantitative estimate of drug-likeness (QED) is 0.868. The first-order valence-electron chi connectivity index (χ1n) is 6.91. The smallest absolute Gasteiger partial charge is 0.237 e. The molecule has 22 heavy (non-hydrogen) atoms. The van der Waals surface area contributed by atoms with Crippen LogP contribution in [0.5, 0.6) is 11.5 Å². The Morgan fingerprint density at radius 3 is 2.86 bits per heavy atom. The fourth-order valence-electron chi connectivity index (χ4n) is 1.96. The molecule has 0 saturated heterocycles. The molecule has 0 fully saturated rings. The Labute approximate surface area is 137 Å². The summed E-state index contributed by atoms with van der Waals surface area (Å²) in [6.45, 7) is 4.90. The monoisotopic (exact) mass is 336 g/mol. The van der Waals surface area contributed by atoms with Crippen molar-refractivity contribution in [3.8, 4) is 11.5 Å². The van der Waals surface area contributed by atoms with E-state index in [2.05, 4.69) is 10.3 Å². The second kappa shape index (κ2) is 6.58. The Bertz CT molecular complexity index is 687. The molecule has 1 atom stereocenters. The highest BCUT2D eigenvalue weighted by molar-refractivity contribution is 8.02. The van der Waals surface area contributed by atoms with Crippen LogP contribution in [0.1, 0.15) is 12.6 Å². The number of benzene rings is 1. The standard InChI is InChI=1S/C15H16N2O3S2/c1-9-8-21-15(16-9)22-10(2)14(18)17-11-3-4-12-13(7-11)20-6-5-19-12/h3-4,7-8,10H,5-6H2,1-2H3,(H,17,18)/t10-/m1/s1. The van der Waals surface area contributed by atoms with Crippen molar-refractivity contribution in [1.29, 1.82) is 0 Å². The van der Waals surface area contributed by atoms with Gasteiger partial charge in [0.05, 0.1) is 5.25 Å². The van der Waals surface area contributed by atoms with E-state index in [4.69, 9.17) is 9.47 Å². The molecule has 0 aliphatic carbocycles. The molecule has 7 heteroatoms. The number of fused-ring (bicyclic) bond motifs is 1. The summed E-state index contributed by atoms with van der Waals surface area (Å²) in [4.78, 5) is 16.6. The van der Waals surface area contributed by atoms with Crippen molar-refractivity contribution in [2.45, 2.75) is 23.4 Å². The fraction of sp³-hybridized carbons (Fsp3) is 0.333. The predicted molar refractivity (Wildman–Crippen MR) is 88.2 cm³/mol. The molecule has 2 heterocycles. The summed E-state index contributed by atoms with van der Waals surface area (Å²) < 4.78 is 11.9. The zero-order chi connectivity index (χ0) is 15.5. The van der Waals surface area contributed by atoms with Gasteiger partial charge in [-0.25, -0.2) is 4.98 Å². The van der Waals surface area contributed by atoms with Gasteiger partial charge in [-0.2, -0.15) is 0 Å². The van der Waals surface area contributed by atoms with Crippen molar-refractivity contribution < 1.29 is 14.3 Å². The molecule has 0 radical (unpaired) electrons. The Balaban J connectivity index is 1.63. The number of nitrogens with zero attached hydrogens (tertiary/aromatic N) is 1. The fourth-order valence-corrected chi connectivity index (χ4v) is 3.94. The number of aryl methyl sites for hydroxylation is 1. The Hall–Kier alpha value is -1.73. The van der Waals surface area contributed by atoms with Crippen molar-refractivity contribution in [2.75, 3.05) is 18.5 Å². The van der Waals surface area contributed by atoms with E-state index in [1.54, 1.807) is 17.4 Å². The Morgan fingerprint density at radius 2 is 2.14 bits per heavy atom. The van der Waals surface area contributed by atoms with E-state index < -0.39 is 0 Å². The molecule has 116 valence electrons. The molecule has 1 amide bonds. The maximum absolute atomic E-state index is 12.3. The second-order valence-electron chi connectivity index (χ2n) is 4.86. The summed E-state index contributed by atoms with van der Waals surface area (Å²) in [7, 11) is 0. The van der Waals surface area contributed by atoms with Gasteiger partial charge in [-0.3, -0.25) is 4.79 Å². The predicted octanol–water partition coefficient (Wildman–Crippen LogP) is 3.34. The van der Waals surface area contributed by atoms with Crippen molar-refractivity contribution >= 4 is 34.7 Å². The molecule has 0 spiro atoms. The van der Waals surface area contributed by atoms with Gasteiger partial charge in [-0.15, -0.1) is 11.3 Å². The van der Waals surface area contributed by atoms with Gasteiger partial charge in [-0.05, 0) is 26.0 Å². The number of aromatic nitrogens is 1. The van der Waals surface area contributed by atoms with Crippen LogP contribution in [0.4, 0.5) is 5.69 Å². The molecule has 1 aliphatic rings. The second-order valence-corrected chi connectivity index (χ2v) is 7.31. The number of rotatable bonds is 4. The Morgan fingerprint density at radius 1 is 1.36 bits per heavy atom. The molecule has 2 aromatic rings. The van der Waals surface area contributed by atoms with Gasteiger partial charge < -0.3 is 14.8 Å². The van der Waals surface area contributed by atoms with E-state index in [1.165, 1.54) is 11.8 Å². The van der Waals surface area contributed by atoms with Crippen LogP contribution in [0.3, 0.4) is 0 Å². The molecule has 0 unspecified atom stereocenters. The molecule has 1 aromatic carbocycles. The maximum atomic E-state index is 12.3. The molecule has 1 aromatic heterocycles. The van der Waals surface area contributed by atoms with Crippen LogP contribution >= 0.6 is 23.1 Å². The number of amides is 1. The van der Waals surface area contributed by atoms with Crippen LogP contribution < -0.4 is 14.8 Å². The lowest BCUT2D eigenvalue weighted by Crippen LogP contribution is -2.22. The topological polar surface area (TPSA) is 60.5 Å². The lowest BCUT2D eigenvalue weighted by atomic mass is 10.2. The van der Waals surface area contributed by atoms with Gasteiger partial charge in [0.1, 0.15) is 13.2 Å². The van der Waals surface area contributed by atoms with E-state index in [1.807, 2.05) is 31.4 Å². The van der Waals surface area contributed by atoms with Gasteiger partial charge >= 0.3 is 0 Å². The maximum Gasteiger partial charge on any atom is 0.237 e. The first kappa shape index (κ1) is 15.2. The lowest BCUT2D eigenvalue weighted by Gasteiger charge is -2.19. The van der Waals surface area contributed by atoms with Crippen LogP contribution in [0.2, 0.25) is 0 Å². The largest absolute Gasteiger partial charge is 0.486 e. The van der Waals surface area contributed by atoms with E-state index in [0.717, 1.165) is 10.0 Å². The van der Waals surface area contributed by atoms with Gasteiger partial charge in [0.2, 0.25) is 5.91 Å². The van der Waals surface area contributed by atoms with Crippen molar-refractivity contribution in [3.05, 3.63) is 29.3 Å². The highest BCUT2D eigenvalue weighted by atomic mass is 32.2. The summed E-state index contributed by atoms with van der Waals surface area (Å²) in [5, 5.41) is 4.66. The summed E-state index contributed by atoms with van der Waals surface area (Å²) in [5.41, 5.74) is 1.68. The number of nitrogens with one attached hydrogen (secondary N) is 1. The molecular weight excluding hydrogens is 320 g/mol. The summed E-state index contributed by atoms with van der Waals surface area (Å²) in [6, 6.07) is 5.42. The summed E-state index contributed by atoms with van der Waals surface area (Å²) in [6.07, 6.45) is 0. The van der Waals surface area contributed by atoms with Crippen LogP contribution in [-0.4, -0.2) is 29.4 Å². The SMILES string of the molecule is Cc1csc(S[C@H](C)C(=O)Nc2ccc3c(c2)OCCO3)n1. The molecule has 1 N–H and O–H groups in total. The zero-order valence-electron chi connectivity index (χ0n) is 12.3. The summed E-state index contributed by atoms with van der Waals surface area (Å²) in [5.74, 6) is 1.32. The van der Waals surface area contributed by atoms with Crippen LogP contribution in [-0.2, 0) is 4.79 Å². The van der Waals surface area contributed by atoms with Crippen molar-refractivity contribution in [3.63, 3.8) is 0 Å². The van der Waals surface area contributed by atoms with Gasteiger partial charge in [0.25, 0.3) is 0 Å². The van der Waals surface area contributed by atoms with E-state index in [9.17, 15) is 4.79 Å². The van der Waals surface area contributed by atoms with E-state index in [0.29, 0.717) is 30.4 Å². The normalized spacial score (nSPS) is 14.5. The third kappa shape index (κ3) is 3.53. The number of ether oxygens (including phenoxy) is 2. The molecule has 0 bridgehead atoms. The van der Waals surface area contributed by atoms with E-state index >= 15 is 0 Å². The molecular formula is C15H16N2O3S2. The summed E-state index contributed by atoms with van der Waals surface area (Å²) >= 11 is 3.02. The minimum Gasteiger partial charge on any atom is -0.486 e. The van der Waals surface area contributed by atoms with Crippen LogP contribution in [0.15, 0.2) is 27.9 Å². The zero-order valence-corrected chi connectivity index (χ0v) is 13.9. The number of hydrogen-bond donors (Lipinski definition) is 1. The number of anilines is 1. The number of thioether (sulfide) groups is 1. The first-order valence-corrected chi connectivity index (χ1v) is 8.67. The number of thiazole rings is 1. The molecule has 5 nitrogen and oxygen atoms in total. The van der Waals surface area contributed by atoms with Crippen LogP contribution in [0, 0.1) is 6.92 Å². The highest BCUT2D eigenvalue weighted by Crippen LogP contribution is 2.33. The third-order valence-corrected chi connectivity index (χ3v) is 5.24. The minimum atomic E-state index is -0.223. The lowest BCUT2D eigenvalue weighted by molar-refractivity contribution is -0.115. The molecule has 0 saturated carbocycles. The number of hydrogen-bond acceptors (Lipinski definition) is 6. The first-order chi connectivity index (χ1) is 10.6. The average Bonchev–Trinajstić information content (AvgIpc) is 2.92. The Kier molecular flexibility index (Phi) is 4.54. The average molecular weight is 336 g/mol. The van der Waals surface area contributed by atoms with Gasteiger partial charge in [-0.1, -0.05) is 11.8 Å².